The van der Waals surface area contributed by atoms with Crippen LogP contribution in [0.1, 0.15) is 21.7 Å². The molecule has 0 saturated carbocycles. The predicted octanol–water partition coefficient (Wildman–Crippen LogP) is 5.83. The molecule has 2 aromatic carbocycles. The first-order chi connectivity index (χ1) is 15.0. The molecule has 2 heterocycles. The van der Waals surface area contributed by atoms with Gasteiger partial charge in [0.15, 0.2) is 0 Å². The average molecular weight is 409 g/mol. The first kappa shape index (κ1) is 20.1. The van der Waals surface area contributed by atoms with Gasteiger partial charge in [-0.15, -0.1) is 0 Å². The molecule has 0 radical (unpaired) electrons. The Kier molecular flexibility index (Phi) is 5.89. The minimum absolute atomic E-state index is 0.156. The van der Waals surface area contributed by atoms with E-state index in [1.807, 2.05) is 74.5 Å². The third kappa shape index (κ3) is 5.45. The van der Waals surface area contributed by atoms with Crippen LogP contribution in [0.5, 0.6) is 0 Å². The standard InChI is InChI=1S/C25H23N5O/c1-17-15-23(11-13-26-17)28-20-5-3-19(4-6-20)25(31)30-22-9-7-21(8-10-22)29-24-12-14-27-18(2)16-24/h3-16H,1-2H3,(H,26,28)(H,27,29)(H,30,31). The molecule has 6 nitrogen and oxygen atoms in total. The summed E-state index contributed by atoms with van der Waals surface area (Å²) in [6.45, 7) is 3.90. The van der Waals surface area contributed by atoms with E-state index in [9.17, 15) is 4.79 Å². The number of hydrogen-bond acceptors (Lipinski definition) is 5. The number of nitrogens with zero attached hydrogens (tertiary/aromatic N) is 2. The van der Waals surface area contributed by atoms with Crippen LogP contribution in [0.4, 0.5) is 28.4 Å². The van der Waals surface area contributed by atoms with Crippen LogP contribution in [0, 0.1) is 13.8 Å². The maximum Gasteiger partial charge on any atom is 0.255 e. The SMILES string of the molecule is Cc1cc(Nc2ccc(NC(=O)c3ccc(Nc4ccnc(C)c4)cc3)cc2)ccn1. The Morgan fingerprint density at radius 3 is 1.55 bits per heavy atom. The van der Waals surface area contributed by atoms with Crippen LogP contribution in [0.15, 0.2) is 85.2 Å². The zero-order valence-corrected chi connectivity index (χ0v) is 17.4. The number of carbonyl (C=O) groups excluding carboxylic acids is 1. The van der Waals surface area contributed by atoms with Crippen molar-refractivity contribution in [3.05, 3.63) is 102 Å². The summed E-state index contributed by atoms with van der Waals surface area (Å²) in [4.78, 5) is 21.0. The van der Waals surface area contributed by atoms with E-state index in [1.54, 1.807) is 24.5 Å². The summed E-state index contributed by atoms with van der Waals surface area (Å²) in [5.41, 5.74) is 6.99. The van der Waals surface area contributed by atoms with E-state index in [2.05, 4.69) is 25.9 Å². The average Bonchev–Trinajstić information content (AvgIpc) is 2.76. The summed E-state index contributed by atoms with van der Waals surface area (Å²) in [6, 6.07) is 22.7. The predicted molar refractivity (Wildman–Crippen MR) is 125 cm³/mol. The Hall–Kier alpha value is -4.19. The first-order valence-corrected chi connectivity index (χ1v) is 9.96. The third-order valence-corrected chi connectivity index (χ3v) is 4.66. The fraction of sp³-hybridized carbons (Fsp3) is 0.0800. The number of carbonyl (C=O) groups is 1. The Morgan fingerprint density at radius 2 is 1.06 bits per heavy atom. The monoisotopic (exact) mass is 409 g/mol. The van der Waals surface area contributed by atoms with E-state index in [4.69, 9.17) is 0 Å². The molecule has 0 atom stereocenters. The molecule has 0 spiro atoms. The Bertz CT molecular complexity index is 1190. The molecule has 2 aromatic heterocycles. The van der Waals surface area contributed by atoms with Gasteiger partial charge in [0.2, 0.25) is 0 Å². The fourth-order valence-corrected chi connectivity index (χ4v) is 3.13. The molecular weight excluding hydrogens is 386 g/mol. The number of amides is 1. The summed E-state index contributed by atoms with van der Waals surface area (Å²) in [6.07, 6.45) is 3.53. The van der Waals surface area contributed by atoms with Crippen molar-refractivity contribution in [2.45, 2.75) is 13.8 Å². The molecule has 0 saturated heterocycles. The van der Waals surface area contributed by atoms with E-state index in [0.29, 0.717) is 5.56 Å². The number of aromatic nitrogens is 2. The van der Waals surface area contributed by atoms with Gasteiger partial charge in [-0.1, -0.05) is 0 Å². The molecule has 0 aliphatic carbocycles. The van der Waals surface area contributed by atoms with Crippen LogP contribution in [0.25, 0.3) is 0 Å². The van der Waals surface area contributed by atoms with Gasteiger partial charge in [-0.05, 0) is 86.6 Å². The van der Waals surface area contributed by atoms with E-state index >= 15 is 0 Å². The lowest BCUT2D eigenvalue weighted by Crippen LogP contribution is -2.11. The lowest BCUT2D eigenvalue weighted by atomic mass is 10.1. The van der Waals surface area contributed by atoms with Crippen LogP contribution in [-0.2, 0) is 0 Å². The van der Waals surface area contributed by atoms with Gasteiger partial charge in [-0.25, -0.2) is 0 Å². The Balaban J connectivity index is 1.36. The largest absolute Gasteiger partial charge is 0.355 e. The topological polar surface area (TPSA) is 78.9 Å². The molecule has 0 aliphatic heterocycles. The van der Waals surface area contributed by atoms with E-state index in [1.165, 1.54) is 0 Å². The molecule has 4 aromatic rings. The van der Waals surface area contributed by atoms with Crippen molar-refractivity contribution in [2.75, 3.05) is 16.0 Å². The number of benzene rings is 2. The normalized spacial score (nSPS) is 10.4. The number of nitrogens with one attached hydrogen (secondary N) is 3. The highest BCUT2D eigenvalue weighted by Crippen LogP contribution is 2.21. The number of rotatable bonds is 6. The van der Waals surface area contributed by atoms with Crippen LogP contribution in [0.2, 0.25) is 0 Å². The summed E-state index contributed by atoms with van der Waals surface area (Å²) in [7, 11) is 0. The molecule has 31 heavy (non-hydrogen) atoms. The van der Waals surface area contributed by atoms with Crippen molar-refractivity contribution in [3.63, 3.8) is 0 Å². The van der Waals surface area contributed by atoms with Crippen LogP contribution >= 0.6 is 0 Å². The maximum absolute atomic E-state index is 12.6. The van der Waals surface area contributed by atoms with Gasteiger partial charge >= 0.3 is 0 Å². The van der Waals surface area contributed by atoms with E-state index in [0.717, 1.165) is 39.8 Å². The van der Waals surface area contributed by atoms with Crippen molar-refractivity contribution in [1.29, 1.82) is 0 Å². The van der Waals surface area contributed by atoms with Gasteiger partial charge in [-0.2, -0.15) is 0 Å². The molecule has 6 heteroatoms. The quantitative estimate of drug-likeness (QED) is 0.373. The Labute approximate surface area is 181 Å². The van der Waals surface area contributed by atoms with Gasteiger partial charge in [0.05, 0.1) is 0 Å². The Morgan fingerprint density at radius 1 is 0.613 bits per heavy atom. The zero-order valence-electron chi connectivity index (χ0n) is 17.4. The summed E-state index contributed by atoms with van der Waals surface area (Å²) in [5, 5.41) is 9.56. The third-order valence-electron chi connectivity index (χ3n) is 4.66. The number of hydrogen-bond donors (Lipinski definition) is 3. The second-order valence-corrected chi connectivity index (χ2v) is 7.23. The maximum atomic E-state index is 12.6. The smallest absolute Gasteiger partial charge is 0.255 e. The summed E-state index contributed by atoms with van der Waals surface area (Å²) in [5.74, 6) is -0.156. The second kappa shape index (κ2) is 9.09. The molecule has 0 bridgehead atoms. The highest BCUT2D eigenvalue weighted by Gasteiger charge is 2.07. The first-order valence-electron chi connectivity index (χ1n) is 9.96. The van der Waals surface area contributed by atoms with Gasteiger partial charge in [0.25, 0.3) is 5.91 Å². The lowest BCUT2D eigenvalue weighted by molar-refractivity contribution is 0.102. The van der Waals surface area contributed by atoms with Crippen molar-refractivity contribution in [3.8, 4) is 0 Å². The molecule has 0 fully saturated rings. The lowest BCUT2D eigenvalue weighted by Gasteiger charge is -2.10. The number of anilines is 5. The molecular formula is C25H23N5O. The van der Waals surface area contributed by atoms with Gasteiger partial charge in [0.1, 0.15) is 0 Å². The van der Waals surface area contributed by atoms with Crippen LogP contribution in [0.3, 0.4) is 0 Å². The molecule has 0 unspecified atom stereocenters. The van der Waals surface area contributed by atoms with Crippen molar-refractivity contribution >= 4 is 34.3 Å². The van der Waals surface area contributed by atoms with Gasteiger partial charge in [0, 0.05) is 57.8 Å². The van der Waals surface area contributed by atoms with Gasteiger partial charge < -0.3 is 16.0 Å². The highest BCUT2D eigenvalue weighted by molar-refractivity contribution is 6.04. The molecule has 1 amide bonds. The van der Waals surface area contributed by atoms with Crippen LogP contribution in [-0.4, -0.2) is 15.9 Å². The number of pyridine rings is 2. The fourth-order valence-electron chi connectivity index (χ4n) is 3.13. The van der Waals surface area contributed by atoms with Crippen molar-refractivity contribution < 1.29 is 4.79 Å². The molecule has 3 N–H and O–H groups in total. The number of aryl methyl sites for hydroxylation is 2. The minimum atomic E-state index is -0.156. The minimum Gasteiger partial charge on any atom is -0.355 e. The van der Waals surface area contributed by atoms with Crippen molar-refractivity contribution in [1.82, 2.24) is 9.97 Å². The molecule has 4 rings (SSSR count). The van der Waals surface area contributed by atoms with Crippen LogP contribution < -0.4 is 16.0 Å². The van der Waals surface area contributed by atoms with E-state index in [-0.39, 0.29) is 5.91 Å². The second-order valence-electron chi connectivity index (χ2n) is 7.23. The summed E-state index contributed by atoms with van der Waals surface area (Å²) >= 11 is 0. The van der Waals surface area contributed by atoms with Gasteiger partial charge in [-0.3, -0.25) is 14.8 Å². The highest BCUT2D eigenvalue weighted by atomic mass is 16.1. The molecule has 154 valence electrons. The summed E-state index contributed by atoms with van der Waals surface area (Å²) < 4.78 is 0. The van der Waals surface area contributed by atoms with Crippen molar-refractivity contribution in [2.24, 2.45) is 0 Å². The molecule has 0 aliphatic rings. The zero-order chi connectivity index (χ0) is 21.6. The van der Waals surface area contributed by atoms with E-state index < -0.39 is 0 Å².